The number of ether oxygens (including phenoxy) is 1. The van der Waals surface area contributed by atoms with Gasteiger partial charge in [-0.1, -0.05) is 42.5 Å². The first kappa shape index (κ1) is 13.2. The Hall–Kier alpha value is -1.80. The number of rotatable bonds is 4. The van der Waals surface area contributed by atoms with E-state index >= 15 is 0 Å². The largest absolute Gasteiger partial charge is 0.489 e. The summed E-state index contributed by atoms with van der Waals surface area (Å²) in [7, 11) is 0. The molecule has 0 bridgehead atoms. The van der Waals surface area contributed by atoms with Crippen LogP contribution < -0.4 is 10.1 Å². The molecule has 0 aromatic heterocycles. The Kier molecular flexibility index (Phi) is 4.34. The van der Waals surface area contributed by atoms with Crippen LogP contribution in [0, 0.1) is 0 Å². The third-order valence-corrected chi connectivity index (χ3v) is 3.90. The summed E-state index contributed by atoms with van der Waals surface area (Å²) in [4.78, 5) is 0. The Balaban J connectivity index is 1.58. The molecule has 1 aliphatic rings. The van der Waals surface area contributed by atoms with Crippen LogP contribution in [-0.2, 0) is 6.61 Å². The zero-order chi connectivity index (χ0) is 13.6. The maximum Gasteiger partial charge on any atom is 0.119 e. The summed E-state index contributed by atoms with van der Waals surface area (Å²) in [6.45, 7) is 2.89. The number of hydrogen-bond acceptors (Lipinski definition) is 2. The Morgan fingerprint density at radius 2 is 1.80 bits per heavy atom. The molecule has 20 heavy (non-hydrogen) atoms. The van der Waals surface area contributed by atoms with Gasteiger partial charge in [0.1, 0.15) is 12.4 Å². The molecule has 0 radical (unpaired) electrons. The van der Waals surface area contributed by atoms with Crippen LogP contribution in [0.25, 0.3) is 0 Å². The highest BCUT2D eigenvalue weighted by molar-refractivity contribution is 5.30. The highest BCUT2D eigenvalue weighted by Crippen LogP contribution is 2.25. The van der Waals surface area contributed by atoms with Crippen LogP contribution in [-0.4, -0.2) is 13.1 Å². The van der Waals surface area contributed by atoms with Gasteiger partial charge < -0.3 is 10.1 Å². The molecule has 2 nitrogen and oxygen atoms in total. The number of hydrogen-bond donors (Lipinski definition) is 1. The SMILES string of the molecule is c1ccc(COc2ccc(C3CCCNC3)cc2)cc1. The normalized spacial score (nSPS) is 18.7. The summed E-state index contributed by atoms with van der Waals surface area (Å²) in [5.74, 6) is 1.60. The van der Waals surface area contributed by atoms with Gasteiger partial charge in [-0.25, -0.2) is 0 Å². The third-order valence-electron chi connectivity index (χ3n) is 3.90. The van der Waals surface area contributed by atoms with E-state index in [1.54, 1.807) is 0 Å². The standard InChI is InChI=1S/C18H21NO/c1-2-5-15(6-3-1)14-20-18-10-8-16(9-11-18)17-7-4-12-19-13-17/h1-3,5-6,8-11,17,19H,4,7,12-14H2. The molecule has 0 aliphatic carbocycles. The molecule has 1 atom stereocenters. The van der Waals surface area contributed by atoms with Crippen LogP contribution in [0.2, 0.25) is 0 Å². The monoisotopic (exact) mass is 267 g/mol. The Morgan fingerprint density at radius 1 is 1.00 bits per heavy atom. The van der Waals surface area contributed by atoms with Crippen molar-refractivity contribution in [1.29, 1.82) is 0 Å². The van der Waals surface area contributed by atoms with E-state index in [1.807, 2.05) is 18.2 Å². The van der Waals surface area contributed by atoms with Crippen LogP contribution in [0.15, 0.2) is 54.6 Å². The first-order chi connectivity index (χ1) is 9.92. The van der Waals surface area contributed by atoms with E-state index in [0.29, 0.717) is 12.5 Å². The van der Waals surface area contributed by atoms with Crippen molar-refractivity contribution >= 4 is 0 Å². The molecular weight excluding hydrogens is 246 g/mol. The third kappa shape index (κ3) is 3.40. The molecule has 1 aliphatic heterocycles. The first-order valence-electron chi connectivity index (χ1n) is 7.39. The summed E-state index contributed by atoms with van der Waals surface area (Å²) >= 11 is 0. The summed E-state index contributed by atoms with van der Waals surface area (Å²) in [6, 6.07) is 18.9. The average molecular weight is 267 g/mol. The highest BCUT2D eigenvalue weighted by atomic mass is 16.5. The van der Waals surface area contributed by atoms with E-state index in [0.717, 1.165) is 18.8 Å². The van der Waals surface area contributed by atoms with Crippen molar-refractivity contribution in [1.82, 2.24) is 5.32 Å². The van der Waals surface area contributed by atoms with Gasteiger partial charge in [0.15, 0.2) is 0 Å². The van der Waals surface area contributed by atoms with E-state index in [9.17, 15) is 0 Å². The van der Waals surface area contributed by atoms with Gasteiger partial charge in [-0.15, -0.1) is 0 Å². The fourth-order valence-corrected chi connectivity index (χ4v) is 2.71. The number of piperidine rings is 1. The van der Waals surface area contributed by atoms with Crippen molar-refractivity contribution in [3.05, 3.63) is 65.7 Å². The van der Waals surface area contributed by atoms with Crippen molar-refractivity contribution in [2.45, 2.75) is 25.4 Å². The molecule has 1 saturated heterocycles. The second-order valence-corrected chi connectivity index (χ2v) is 5.39. The van der Waals surface area contributed by atoms with Gasteiger partial charge >= 0.3 is 0 Å². The lowest BCUT2D eigenvalue weighted by Gasteiger charge is -2.23. The van der Waals surface area contributed by atoms with Gasteiger partial charge in [0, 0.05) is 6.54 Å². The molecule has 1 N–H and O–H groups in total. The van der Waals surface area contributed by atoms with Crippen LogP contribution in [0.3, 0.4) is 0 Å². The molecule has 104 valence electrons. The Morgan fingerprint density at radius 3 is 2.50 bits per heavy atom. The molecule has 3 rings (SSSR count). The van der Waals surface area contributed by atoms with Crippen molar-refractivity contribution in [3.63, 3.8) is 0 Å². The van der Waals surface area contributed by atoms with Gasteiger partial charge in [0.25, 0.3) is 0 Å². The Labute approximate surface area is 120 Å². The molecule has 2 aromatic rings. The van der Waals surface area contributed by atoms with Crippen molar-refractivity contribution < 1.29 is 4.74 Å². The average Bonchev–Trinajstić information content (AvgIpc) is 2.55. The Bertz CT molecular complexity index is 515. The van der Waals surface area contributed by atoms with Gasteiger partial charge in [-0.2, -0.15) is 0 Å². The van der Waals surface area contributed by atoms with Crippen LogP contribution in [0.5, 0.6) is 5.75 Å². The molecule has 0 spiro atoms. The molecule has 1 heterocycles. The lowest BCUT2D eigenvalue weighted by atomic mass is 9.92. The summed E-state index contributed by atoms with van der Waals surface area (Å²) in [5, 5.41) is 3.46. The van der Waals surface area contributed by atoms with Crippen LogP contribution >= 0.6 is 0 Å². The molecular formula is C18H21NO. The molecule has 0 saturated carbocycles. The van der Waals surface area contributed by atoms with E-state index in [2.05, 4.69) is 41.7 Å². The first-order valence-corrected chi connectivity index (χ1v) is 7.39. The van der Waals surface area contributed by atoms with Gasteiger partial charge in [-0.3, -0.25) is 0 Å². The predicted molar refractivity (Wildman–Crippen MR) is 82.1 cm³/mol. The zero-order valence-electron chi connectivity index (χ0n) is 11.7. The molecule has 0 amide bonds. The number of benzene rings is 2. The predicted octanol–water partition coefficient (Wildman–Crippen LogP) is 3.73. The topological polar surface area (TPSA) is 21.3 Å². The van der Waals surface area contributed by atoms with Gasteiger partial charge in [-0.05, 0) is 48.6 Å². The van der Waals surface area contributed by atoms with Crippen molar-refractivity contribution in [2.75, 3.05) is 13.1 Å². The van der Waals surface area contributed by atoms with Crippen molar-refractivity contribution in [2.24, 2.45) is 0 Å². The van der Waals surface area contributed by atoms with E-state index in [1.165, 1.54) is 24.0 Å². The van der Waals surface area contributed by atoms with Crippen LogP contribution in [0.1, 0.15) is 29.9 Å². The van der Waals surface area contributed by atoms with E-state index in [-0.39, 0.29) is 0 Å². The summed E-state index contributed by atoms with van der Waals surface area (Å²) in [5.41, 5.74) is 2.62. The minimum absolute atomic E-state index is 0.630. The molecule has 1 unspecified atom stereocenters. The summed E-state index contributed by atoms with van der Waals surface area (Å²) in [6.07, 6.45) is 2.56. The van der Waals surface area contributed by atoms with Crippen molar-refractivity contribution in [3.8, 4) is 5.75 Å². The zero-order valence-corrected chi connectivity index (χ0v) is 11.7. The lowest BCUT2D eigenvalue weighted by molar-refractivity contribution is 0.306. The van der Waals surface area contributed by atoms with Gasteiger partial charge in [0.2, 0.25) is 0 Å². The smallest absolute Gasteiger partial charge is 0.119 e. The minimum Gasteiger partial charge on any atom is -0.489 e. The maximum atomic E-state index is 5.82. The minimum atomic E-state index is 0.630. The fourth-order valence-electron chi connectivity index (χ4n) is 2.71. The molecule has 2 aromatic carbocycles. The second-order valence-electron chi connectivity index (χ2n) is 5.39. The van der Waals surface area contributed by atoms with E-state index in [4.69, 9.17) is 4.74 Å². The lowest BCUT2D eigenvalue weighted by Crippen LogP contribution is -2.28. The number of nitrogens with one attached hydrogen (secondary N) is 1. The van der Waals surface area contributed by atoms with Gasteiger partial charge in [0.05, 0.1) is 0 Å². The van der Waals surface area contributed by atoms with E-state index < -0.39 is 0 Å². The fraction of sp³-hybridized carbons (Fsp3) is 0.333. The maximum absolute atomic E-state index is 5.82. The highest BCUT2D eigenvalue weighted by Gasteiger charge is 2.14. The second kappa shape index (κ2) is 6.58. The molecule has 2 heteroatoms. The van der Waals surface area contributed by atoms with Crippen LogP contribution in [0.4, 0.5) is 0 Å². The molecule has 1 fully saturated rings. The quantitative estimate of drug-likeness (QED) is 0.911. The summed E-state index contributed by atoms with van der Waals surface area (Å²) < 4.78 is 5.82.